The van der Waals surface area contributed by atoms with Crippen LogP contribution in [0, 0.1) is 6.92 Å². The molecule has 1 aromatic rings. The summed E-state index contributed by atoms with van der Waals surface area (Å²) in [4.78, 5) is 12.1. The Morgan fingerprint density at radius 1 is 1.25 bits per heavy atom. The Hall–Kier alpha value is -1.55. The summed E-state index contributed by atoms with van der Waals surface area (Å²) in [5.41, 5.74) is 2.80. The highest BCUT2D eigenvalue weighted by molar-refractivity contribution is 5.96. The molecule has 2 N–H and O–H groups in total. The minimum absolute atomic E-state index is 0.0129. The van der Waals surface area contributed by atoms with Crippen molar-refractivity contribution in [1.82, 2.24) is 5.32 Å². The molecule has 0 atom stereocenters. The average molecular weight is 278 g/mol. The molecule has 0 heterocycles. The topological polar surface area (TPSA) is 50.4 Å². The molecule has 0 saturated carbocycles. The smallest absolute Gasteiger partial charge is 0.251 e. The van der Waals surface area contributed by atoms with Crippen LogP contribution in [0.5, 0.6) is 0 Å². The van der Waals surface area contributed by atoms with Gasteiger partial charge in [0.15, 0.2) is 0 Å². The molecule has 0 fully saturated rings. The molecule has 0 saturated heterocycles. The zero-order valence-electron chi connectivity index (χ0n) is 12.8. The van der Waals surface area contributed by atoms with Gasteiger partial charge in [0.2, 0.25) is 0 Å². The molecule has 4 heteroatoms. The minimum atomic E-state index is -0.0129. The summed E-state index contributed by atoms with van der Waals surface area (Å²) in [5.74, 6) is -0.0129. The fourth-order valence-corrected chi connectivity index (χ4v) is 1.91. The Labute approximate surface area is 121 Å². The number of benzene rings is 1. The molecular formula is C16H26N2O2. The summed E-state index contributed by atoms with van der Waals surface area (Å²) in [6.07, 6.45) is 1.93. The lowest BCUT2D eigenvalue weighted by Crippen LogP contribution is -2.26. The van der Waals surface area contributed by atoms with E-state index in [0.717, 1.165) is 42.8 Å². The van der Waals surface area contributed by atoms with E-state index in [9.17, 15) is 4.79 Å². The van der Waals surface area contributed by atoms with Gasteiger partial charge in [-0.3, -0.25) is 4.79 Å². The summed E-state index contributed by atoms with van der Waals surface area (Å²) in [5, 5.41) is 6.24. The van der Waals surface area contributed by atoms with Gasteiger partial charge in [-0.05, 0) is 50.5 Å². The van der Waals surface area contributed by atoms with Gasteiger partial charge in [0.25, 0.3) is 5.91 Å². The van der Waals surface area contributed by atoms with Gasteiger partial charge in [-0.25, -0.2) is 0 Å². The Bertz CT molecular complexity index is 419. The fraction of sp³-hybridized carbons (Fsp3) is 0.562. The second-order valence-corrected chi connectivity index (χ2v) is 4.76. The molecular weight excluding hydrogens is 252 g/mol. The van der Waals surface area contributed by atoms with E-state index in [1.165, 1.54) is 0 Å². The van der Waals surface area contributed by atoms with Gasteiger partial charge in [0, 0.05) is 37.6 Å². The second kappa shape index (κ2) is 9.37. The third-order valence-electron chi connectivity index (χ3n) is 3.01. The Morgan fingerprint density at radius 3 is 2.70 bits per heavy atom. The van der Waals surface area contributed by atoms with Crippen molar-refractivity contribution >= 4 is 11.6 Å². The zero-order valence-corrected chi connectivity index (χ0v) is 12.8. The van der Waals surface area contributed by atoms with Crippen molar-refractivity contribution in [1.29, 1.82) is 0 Å². The molecule has 0 aliphatic carbocycles. The van der Waals surface area contributed by atoms with E-state index in [0.29, 0.717) is 13.2 Å². The molecule has 4 nitrogen and oxygen atoms in total. The van der Waals surface area contributed by atoms with Gasteiger partial charge >= 0.3 is 0 Å². The van der Waals surface area contributed by atoms with Crippen molar-refractivity contribution in [3.8, 4) is 0 Å². The summed E-state index contributed by atoms with van der Waals surface area (Å²) >= 11 is 0. The van der Waals surface area contributed by atoms with Crippen LogP contribution in [0.1, 0.15) is 42.6 Å². The highest BCUT2D eigenvalue weighted by atomic mass is 16.5. The Morgan fingerprint density at radius 2 is 2.05 bits per heavy atom. The predicted molar refractivity (Wildman–Crippen MR) is 83.4 cm³/mol. The Balaban J connectivity index is 2.47. The summed E-state index contributed by atoms with van der Waals surface area (Å²) in [7, 11) is 0. The minimum Gasteiger partial charge on any atom is -0.385 e. The first kappa shape index (κ1) is 16.5. The normalized spacial score (nSPS) is 10.3. The number of hydrogen-bond donors (Lipinski definition) is 2. The average Bonchev–Trinajstić information content (AvgIpc) is 2.44. The molecule has 1 aromatic carbocycles. The quantitative estimate of drug-likeness (QED) is 0.683. The summed E-state index contributed by atoms with van der Waals surface area (Å²) < 4.78 is 5.24. The lowest BCUT2D eigenvalue weighted by molar-refractivity contribution is 0.0943. The van der Waals surface area contributed by atoms with Gasteiger partial charge in [0.1, 0.15) is 0 Å². The highest BCUT2D eigenvalue weighted by Gasteiger charge is 2.08. The van der Waals surface area contributed by atoms with Gasteiger partial charge in [-0.1, -0.05) is 6.92 Å². The van der Waals surface area contributed by atoms with Crippen molar-refractivity contribution in [3.63, 3.8) is 0 Å². The maximum atomic E-state index is 12.1. The molecule has 0 spiro atoms. The van der Waals surface area contributed by atoms with Crippen molar-refractivity contribution in [2.75, 3.05) is 31.6 Å². The standard InChI is InChI=1S/C16H26N2O2/c1-4-9-17-14-7-8-15(13(3)12-14)16(19)18-10-6-11-20-5-2/h7-8,12,17H,4-6,9-11H2,1-3H3,(H,18,19). The molecule has 0 aromatic heterocycles. The van der Waals surface area contributed by atoms with E-state index < -0.39 is 0 Å². The van der Waals surface area contributed by atoms with Crippen LogP contribution in [0.4, 0.5) is 5.69 Å². The van der Waals surface area contributed by atoms with Gasteiger partial charge in [-0.15, -0.1) is 0 Å². The molecule has 20 heavy (non-hydrogen) atoms. The fourth-order valence-electron chi connectivity index (χ4n) is 1.91. The van der Waals surface area contributed by atoms with E-state index in [1.807, 2.05) is 32.0 Å². The van der Waals surface area contributed by atoms with Crippen molar-refractivity contribution in [3.05, 3.63) is 29.3 Å². The van der Waals surface area contributed by atoms with E-state index in [2.05, 4.69) is 17.6 Å². The van der Waals surface area contributed by atoms with Crippen molar-refractivity contribution in [2.45, 2.75) is 33.6 Å². The summed E-state index contributed by atoms with van der Waals surface area (Å²) in [6, 6.07) is 5.85. The monoisotopic (exact) mass is 278 g/mol. The molecule has 0 aliphatic heterocycles. The van der Waals surface area contributed by atoms with Crippen LogP contribution in [0.2, 0.25) is 0 Å². The van der Waals surface area contributed by atoms with Gasteiger partial charge < -0.3 is 15.4 Å². The first-order valence-corrected chi connectivity index (χ1v) is 7.39. The second-order valence-electron chi connectivity index (χ2n) is 4.76. The molecule has 112 valence electrons. The number of aryl methyl sites for hydroxylation is 1. The number of anilines is 1. The molecule has 0 radical (unpaired) electrons. The zero-order chi connectivity index (χ0) is 14.8. The summed E-state index contributed by atoms with van der Waals surface area (Å²) in [6.45, 7) is 9.07. The van der Waals surface area contributed by atoms with Gasteiger partial charge in [0.05, 0.1) is 0 Å². The van der Waals surface area contributed by atoms with E-state index >= 15 is 0 Å². The van der Waals surface area contributed by atoms with E-state index in [1.54, 1.807) is 0 Å². The molecule has 1 amide bonds. The third-order valence-corrected chi connectivity index (χ3v) is 3.01. The Kier molecular flexibility index (Phi) is 7.73. The first-order valence-electron chi connectivity index (χ1n) is 7.39. The van der Waals surface area contributed by atoms with Gasteiger partial charge in [-0.2, -0.15) is 0 Å². The maximum absolute atomic E-state index is 12.1. The largest absolute Gasteiger partial charge is 0.385 e. The van der Waals surface area contributed by atoms with Crippen molar-refractivity contribution in [2.24, 2.45) is 0 Å². The van der Waals surface area contributed by atoms with Crippen LogP contribution in [0.15, 0.2) is 18.2 Å². The highest BCUT2D eigenvalue weighted by Crippen LogP contribution is 2.15. The van der Waals surface area contributed by atoms with Crippen LogP contribution in [0.3, 0.4) is 0 Å². The van der Waals surface area contributed by atoms with Crippen molar-refractivity contribution < 1.29 is 9.53 Å². The molecule has 1 rings (SSSR count). The van der Waals surface area contributed by atoms with Crippen LogP contribution < -0.4 is 10.6 Å². The van der Waals surface area contributed by atoms with Crippen LogP contribution >= 0.6 is 0 Å². The van der Waals surface area contributed by atoms with E-state index in [-0.39, 0.29) is 5.91 Å². The number of ether oxygens (including phenoxy) is 1. The molecule has 0 unspecified atom stereocenters. The molecule has 0 aliphatic rings. The SMILES string of the molecule is CCCNc1ccc(C(=O)NCCCOCC)c(C)c1. The van der Waals surface area contributed by atoms with E-state index in [4.69, 9.17) is 4.74 Å². The number of hydrogen-bond acceptors (Lipinski definition) is 3. The lowest BCUT2D eigenvalue weighted by atomic mass is 10.1. The number of rotatable bonds is 9. The third kappa shape index (κ3) is 5.61. The first-order chi connectivity index (χ1) is 9.69. The number of carbonyl (C=O) groups excluding carboxylic acids is 1. The number of nitrogens with one attached hydrogen (secondary N) is 2. The van der Waals surface area contributed by atoms with Crippen LogP contribution in [-0.2, 0) is 4.74 Å². The van der Waals surface area contributed by atoms with Crippen LogP contribution in [0.25, 0.3) is 0 Å². The maximum Gasteiger partial charge on any atom is 0.251 e. The number of amides is 1. The molecule has 0 bridgehead atoms. The lowest BCUT2D eigenvalue weighted by Gasteiger charge is -2.10. The van der Waals surface area contributed by atoms with Crippen LogP contribution in [-0.4, -0.2) is 32.2 Å². The predicted octanol–water partition coefficient (Wildman–Crippen LogP) is 2.97. The number of carbonyl (C=O) groups is 1.